The van der Waals surface area contributed by atoms with Crippen LogP contribution in [0, 0.1) is 0 Å². The fourth-order valence-corrected chi connectivity index (χ4v) is 4.02. The highest BCUT2D eigenvalue weighted by Crippen LogP contribution is 2.29. The lowest BCUT2D eigenvalue weighted by atomic mass is 10.2. The van der Waals surface area contributed by atoms with Crippen LogP contribution in [-0.4, -0.2) is 45.1 Å². The van der Waals surface area contributed by atoms with Crippen molar-refractivity contribution >= 4 is 21.7 Å². The molecular formula is C18H20N2O5S. The molecule has 2 aromatic rings. The normalized spacial score (nSPS) is 15.4. The molecular weight excluding hydrogens is 356 g/mol. The summed E-state index contributed by atoms with van der Waals surface area (Å²) in [5, 5.41) is 2.57. The lowest BCUT2D eigenvalue weighted by Crippen LogP contribution is -2.45. The highest BCUT2D eigenvalue weighted by Gasteiger charge is 2.35. The zero-order chi connectivity index (χ0) is 18.4. The predicted octanol–water partition coefficient (Wildman–Crippen LogP) is 2.46. The molecule has 3 rings (SSSR count). The van der Waals surface area contributed by atoms with E-state index >= 15 is 0 Å². The minimum absolute atomic E-state index is 0.0544. The number of carbonyl (C=O) groups is 1. The van der Waals surface area contributed by atoms with Gasteiger partial charge in [-0.3, -0.25) is 0 Å². The number of fused-ring (bicyclic) bond motifs is 1. The number of hydrogen-bond acceptors (Lipinski definition) is 5. The average molecular weight is 376 g/mol. The number of amides is 2. The number of para-hydroxylation sites is 1. The largest absolute Gasteiger partial charge is 0.377 e. The van der Waals surface area contributed by atoms with Crippen molar-refractivity contribution in [2.75, 3.05) is 31.7 Å². The number of sulfonamides is 1. The molecule has 2 aromatic carbocycles. The second-order valence-electron chi connectivity index (χ2n) is 5.65. The molecule has 0 aromatic heterocycles. The Hall–Kier alpha value is -2.42. The van der Waals surface area contributed by atoms with E-state index in [0.717, 1.165) is 9.87 Å². The van der Waals surface area contributed by atoms with Crippen LogP contribution in [-0.2, 0) is 26.1 Å². The fourth-order valence-electron chi connectivity index (χ4n) is 2.55. The molecule has 1 heterocycles. The molecule has 1 aliphatic rings. The van der Waals surface area contributed by atoms with Crippen molar-refractivity contribution in [2.24, 2.45) is 0 Å². The second-order valence-corrected chi connectivity index (χ2v) is 7.48. The van der Waals surface area contributed by atoms with Crippen LogP contribution in [0.2, 0.25) is 0 Å². The van der Waals surface area contributed by atoms with Crippen molar-refractivity contribution in [3.05, 3.63) is 60.2 Å². The summed E-state index contributed by atoms with van der Waals surface area (Å²) in [7, 11) is -3.86. The summed E-state index contributed by atoms with van der Waals surface area (Å²) in [6.07, 6.45) is 0. The Balaban J connectivity index is 1.43. The smallest absolute Gasteiger partial charge is 0.335 e. The topological polar surface area (TPSA) is 84.9 Å². The van der Waals surface area contributed by atoms with Crippen LogP contribution in [0.1, 0.15) is 5.56 Å². The SMILES string of the molecule is O=C1Nc2ccccc2S(=O)(=O)N1CCOCCOCc1ccccc1. The van der Waals surface area contributed by atoms with E-state index < -0.39 is 16.1 Å². The first kappa shape index (κ1) is 18.4. The first-order valence-corrected chi connectivity index (χ1v) is 9.65. The van der Waals surface area contributed by atoms with Gasteiger partial charge >= 0.3 is 6.03 Å². The Bertz CT molecular complexity index is 855. The van der Waals surface area contributed by atoms with Gasteiger partial charge in [-0.1, -0.05) is 42.5 Å². The molecule has 138 valence electrons. The molecule has 2 amide bonds. The summed E-state index contributed by atoms with van der Waals surface area (Å²) in [5.41, 5.74) is 1.37. The van der Waals surface area contributed by atoms with Gasteiger partial charge in [0.05, 0.1) is 38.7 Å². The van der Waals surface area contributed by atoms with Gasteiger partial charge < -0.3 is 14.8 Å². The van der Waals surface area contributed by atoms with E-state index in [9.17, 15) is 13.2 Å². The van der Waals surface area contributed by atoms with Crippen LogP contribution in [0.5, 0.6) is 0 Å². The van der Waals surface area contributed by atoms with Crippen LogP contribution in [0.25, 0.3) is 0 Å². The van der Waals surface area contributed by atoms with E-state index in [0.29, 0.717) is 25.5 Å². The molecule has 8 heteroatoms. The van der Waals surface area contributed by atoms with Crippen molar-refractivity contribution in [3.8, 4) is 0 Å². The molecule has 1 aliphatic heterocycles. The van der Waals surface area contributed by atoms with E-state index in [4.69, 9.17) is 9.47 Å². The Morgan fingerprint density at radius 3 is 2.38 bits per heavy atom. The number of urea groups is 1. The maximum Gasteiger partial charge on any atom is 0.335 e. The minimum Gasteiger partial charge on any atom is -0.377 e. The molecule has 0 spiro atoms. The lowest BCUT2D eigenvalue weighted by Gasteiger charge is -2.28. The van der Waals surface area contributed by atoms with Crippen LogP contribution >= 0.6 is 0 Å². The van der Waals surface area contributed by atoms with Crippen molar-refractivity contribution in [3.63, 3.8) is 0 Å². The van der Waals surface area contributed by atoms with Crippen molar-refractivity contribution in [1.29, 1.82) is 0 Å². The Labute approximate surface area is 152 Å². The van der Waals surface area contributed by atoms with Gasteiger partial charge in [0.15, 0.2) is 0 Å². The van der Waals surface area contributed by atoms with E-state index in [1.807, 2.05) is 30.3 Å². The maximum atomic E-state index is 12.5. The average Bonchev–Trinajstić information content (AvgIpc) is 2.64. The Morgan fingerprint density at radius 1 is 0.885 bits per heavy atom. The molecule has 7 nitrogen and oxygen atoms in total. The van der Waals surface area contributed by atoms with Crippen LogP contribution < -0.4 is 5.32 Å². The molecule has 0 saturated heterocycles. The zero-order valence-electron chi connectivity index (χ0n) is 14.1. The molecule has 0 fully saturated rings. The molecule has 0 unspecified atom stereocenters. The third-order valence-corrected chi connectivity index (χ3v) is 5.69. The highest BCUT2D eigenvalue weighted by molar-refractivity contribution is 7.90. The molecule has 0 radical (unpaired) electrons. The van der Waals surface area contributed by atoms with Crippen molar-refractivity contribution in [1.82, 2.24) is 4.31 Å². The molecule has 0 aliphatic carbocycles. The summed E-state index contributed by atoms with van der Waals surface area (Å²) in [5.74, 6) is 0. The molecule has 26 heavy (non-hydrogen) atoms. The number of hydrogen-bond donors (Lipinski definition) is 1. The summed E-state index contributed by atoms with van der Waals surface area (Å²) in [6, 6.07) is 15.4. The van der Waals surface area contributed by atoms with Gasteiger partial charge in [0.25, 0.3) is 10.0 Å². The molecule has 0 saturated carbocycles. The standard InChI is InChI=1S/C18H20N2O5S/c21-18-19-16-8-4-5-9-17(16)26(22,23)20(18)10-11-24-12-13-25-14-15-6-2-1-3-7-15/h1-9H,10-14H2,(H,19,21). The van der Waals surface area contributed by atoms with Gasteiger partial charge in [-0.2, -0.15) is 0 Å². The van der Waals surface area contributed by atoms with E-state index in [-0.39, 0.29) is 18.0 Å². The quantitative estimate of drug-likeness (QED) is 0.716. The Kier molecular flexibility index (Phi) is 5.87. The minimum atomic E-state index is -3.86. The number of anilines is 1. The van der Waals surface area contributed by atoms with Gasteiger partial charge in [-0.05, 0) is 17.7 Å². The summed E-state index contributed by atoms with van der Waals surface area (Å²) in [4.78, 5) is 12.1. The third-order valence-electron chi connectivity index (χ3n) is 3.85. The highest BCUT2D eigenvalue weighted by atomic mass is 32.2. The monoisotopic (exact) mass is 376 g/mol. The number of benzene rings is 2. The molecule has 1 N–H and O–H groups in total. The van der Waals surface area contributed by atoms with Crippen LogP contribution in [0.4, 0.5) is 10.5 Å². The summed E-state index contributed by atoms with van der Waals surface area (Å²) in [6.45, 7) is 1.24. The van der Waals surface area contributed by atoms with E-state index in [1.54, 1.807) is 18.2 Å². The van der Waals surface area contributed by atoms with Gasteiger partial charge in [0.1, 0.15) is 4.90 Å². The first-order valence-electron chi connectivity index (χ1n) is 8.21. The van der Waals surface area contributed by atoms with Gasteiger partial charge in [-0.15, -0.1) is 0 Å². The predicted molar refractivity (Wildman–Crippen MR) is 96.3 cm³/mol. The van der Waals surface area contributed by atoms with Gasteiger partial charge in [0.2, 0.25) is 0 Å². The number of nitrogens with one attached hydrogen (secondary N) is 1. The fraction of sp³-hybridized carbons (Fsp3) is 0.278. The molecule has 0 bridgehead atoms. The number of ether oxygens (including phenoxy) is 2. The van der Waals surface area contributed by atoms with Crippen LogP contribution in [0.15, 0.2) is 59.5 Å². The van der Waals surface area contributed by atoms with Crippen molar-refractivity contribution < 1.29 is 22.7 Å². The van der Waals surface area contributed by atoms with Gasteiger partial charge in [0, 0.05) is 0 Å². The number of nitrogens with zero attached hydrogens (tertiary/aromatic N) is 1. The number of rotatable bonds is 8. The first-order chi connectivity index (χ1) is 12.6. The summed E-state index contributed by atoms with van der Waals surface area (Å²) >= 11 is 0. The van der Waals surface area contributed by atoms with E-state index in [1.165, 1.54) is 6.07 Å². The van der Waals surface area contributed by atoms with Crippen molar-refractivity contribution in [2.45, 2.75) is 11.5 Å². The van der Waals surface area contributed by atoms with Crippen LogP contribution in [0.3, 0.4) is 0 Å². The van der Waals surface area contributed by atoms with Gasteiger partial charge in [-0.25, -0.2) is 17.5 Å². The van der Waals surface area contributed by atoms with E-state index in [2.05, 4.69) is 5.32 Å². The maximum absolute atomic E-state index is 12.5. The Morgan fingerprint density at radius 2 is 1.58 bits per heavy atom. The number of carbonyl (C=O) groups excluding carboxylic acids is 1. The molecule has 0 atom stereocenters. The summed E-state index contributed by atoms with van der Waals surface area (Å²) < 4.78 is 36.7. The lowest BCUT2D eigenvalue weighted by molar-refractivity contribution is 0.0391. The third kappa shape index (κ3) is 4.21. The zero-order valence-corrected chi connectivity index (χ0v) is 14.9. The second kappa shape index (κ2) is 8.31.